The second kappa shape index (κ2) is 5.64. The van der Waals surface area contributed by atoms with Gasteiger partial charge in [-0.3, -0.25) is 14.4 Å². The summed E-state index contributed by atoms with van der Waals surface area (Å²) in [5.74, 6) is -0.655. The lowest BCUT2D eigenvalue weighted by Gasteiger charge is -2.21. The van der Waals surface area contributed by atoms with Crippen molar-refractivity contribution in [3.63, 3.8) is 0 Å². The van der Waals surface area contributed by atoms with E-state index in [1.807, 2.05) is 0 Å². The molecule has 0 spiro atoms. The van der Waals surface area contributed by atoms with Gasteiger partial charge in [-0.15, -0.1) is 0 Å². The van der Waals surface area contributed by atoms with Gasteiger partial charge in [0.05, 0.1) is 6.54 Å². The first-order valence-corrected chi connectivity index (χ1v) is 4.45. The van der Waals surface area contributed by atoms with Gasteiger partial charge in [0.2, 0.25) is 18.1 Å². The Hall–Kier alpha value is -1.04. The molecule has 0 rings (SSSR count). The normalized spacial score (nSPS) is 13.9. The number of thiol groups is 1. The summed E-state index contributed by atoms with van der Waals surface area (Å²) >= 11 is 4.07. The summed E-state index contributed by atoms with van der Waals surface area (Å²) < 4.78 is -1.03. The van der Waals surface area contributed by atoms with Crippen LogP contribution < -0.4 is 10.6 Å². The maximum atomic E-state index is 11.3. The van der Waals surface area contributed by atoms with Crippen LogP contribution in [0.25, 0.3) is 0 Å². The maximum Gasteiger partial charge on any atom is 0.237 e. The number of carbonyl (C=O) groups is 2. The second-order valence-corrected chi connectivity index (χ2v) is 4.00. The molecule has 0 heterocycles. The molecule has 2 N–H and O–H groups in total. The van der Waals surface area contributed by atoms with Crippen molar-refractivity contribution in [3.05, 3.63) is 0 Å². The summed E-state index contributed by atoms with van der Waals surface area (Å²) in [6.07, 6.45) is 1.53. The van der Waals surface area contributed by atoms with Crippen molar-refractivity contribution >= 4 is 30.7 Å². The van der Waals surface area contributed by atoms with E-state index in [-0.39, 0.29) is 19.0 Å². The van der Waals surface area contributed by atoms with E-state index < -0.39 is 10.7 Å². The van der Waals surface area contributed by atoms with Gasteiger partial charge in [0, 0.05) is 13.5 Å². The van der Waals surface area contributed by atoms with Gasteiger partial charge in [0.25, 0.3) is 0 Å². The highest BCUT2D eigenvalue weighted by Gasteiger charge is 2.28. The largest absolute Gasteiger partial charge is 0.354 e. The van der Waals surface area contributed by atoms with Crippen molar-refractivity contribution in [2.24, 2.45) is 0 Å². The van der Waals surface area contributed by atoms with E-state index in [2.05, 4.69) is 23.3 Å². The summed E-state index contributed by atoms with van der Waals surface area (Å²) in [6, 6.07) is 0. The van der Waals surface area contributed by atoms with Gasteiger partial charge in [-0.05, 0) is 6.92 Å². The Kier molecular flexibility index (Phi) is 5.22. The first-order chi connectivity index (χ1) is 6.40. The molecule has 1 unspecified atom stereocenters. The molecular weight excluding hydrogens is 204 g/mol. The van der Waals surface area contributed by atoms with Crippen LogP contribution in [0.5, 0.6) is 0 Å². The Balaban J connectivity index is 4.08. The molecule has 0 aromatic heterocycles. The Morgan fingerprint density at radius 2 is 2.00 bits per heavy atom. The van der Waals surface area contributed by atoms with Crippen LogP contribution in [0.2, 0.25) is 0 Å². The fourth-order valence-electron chi connectivity index (χ4n) is 0.684. The number of amides is 2. The molecule has 0 bridgehead atoms. The first kappa shape index (κ1) is 13.0. The smallest absolute Gasteiger partial charge is 0.237 e. The van der Waals surface area contributed by atoms with E-state index in [9.17, 15) is 14.4 Å². The average Bonchev–Trinajstić information content (AvgIpc) is 2.11. The quantitative estimate of drug-likeness (QED) is 0.519. The monoisotopic (exact) mass is 217 g/mol. The summed E-state index contributed by atoms with van der Waals surface area (Å²) in [4.78, 5) is 31.8. The minimum Gasteiger partial charge on any atom is -0.354 e. The van der Waals surface area contributed by atoms with Gasteiger partial charge in [-0.2, -0.15) is 12.6 Å². The third kappa shape index (κ3) is 4.86. The van der Waals surface area contributed by atoms with Gasteiger partial charge in [0.15, 0.2) is 0 Å². The average molecular weight is 217 g/mol. The molecule has 0 aromatic rings. The molecule has 0 saturated carbocycles. The number of hydrogen-bond acceptors (Lipinski definition) is 4. The molecular formula is C8H13N2O3S. The van der Waals surface area contributed by atoms with Crippen molar-refractivity contribution in [2.45, 2.75) is 18.6 Å². The highest BCUT2D eigenvalue weighted by atomic mass is 32.1. The SMILES string of the molecule is CC(=O)NCC(C)(S)C(=O)NC[C]=O. The van der Waals surface area contributed by atoms with E-state index in [1.54, 1.807) is 6.92 Å². The zero-order valence-corrected chi connectivity index (χ0v) is 8.98. The van der Waals surface area contributed by atoms with Gasteiger partial charge in [-0.1, -0.05) is 0 Å². The zero-order valence-electron chi connectivity index (χ0n) is 8.09. The second-order valence-electron chi connectivity index (χ2n) is 3.01. The van der Waals surface area contributed by atoms with E-state index >= 15 is 0 Å². The third-order valence-electron chi connectivity index (χ3n) is 1.49. The lowest BCUT2D eigenvalue weighted by molar-refractivity contribution is -0.123. The Morgan fingerprint density at radius 3 is 2.43 bits per heavy atom. The van der Waals surface area contributed by atoms with Crippen LogP contribution in [0.1, 0.15) is 13.8 Å². The standard InChI is InChI=1S/C8H13N2O3S/c1-6(12)10-5-8(2,14)7(13)9-3-4-11/h14H,3,5H2,1-2H3,(H,9,13)(H,10,12). The van der Waals surface area contributed by atoms with Gasteiger partial charge >= 0.3 is 0 Å². The Labute approximate surface area is 88.0 Å². The van der Waals surface area contributed by atoms with Crippen molar-refractivity contribution in [1.29, 1.82) is 0 Å². The van der Waals surface area contributed by atoms with Gasteiger partial charge < -0.3 is 10.6 Å². The number of carbonyl (C=O) groups excluding carboxylic acids is 3. The molecule has 0 aliphatic carbocycles. The van der Waals surface area contributed by atoms with Crippen molar-refractivity contribution < 1.29 is 14.4 Å². The molecule has 0 aliphatic rings. The van der Waals surface area contributed by atoms with Crippen LogP contribution in [-0.4, -0.2) is 35.9 Å². The first-order valence-electron chi connectivity index (χ1n) is 4.00. The summed E-state index contributed by atoms with van der Waals surface area (Å²) in [6.45, 7) is 2.83. The fraction of sp³-hybridized carbons (Fsp3) is 0.625. The molecule has 1 atom stereocenters. The fourth-order valence-corrected chi connectivity index (χ4v) is 0.842. The molecule has 1 radical (unpaired) electrons. The van der Waals surface area contributed by atoms with Crippen molar-refractivity contribution in [1.82, 2.24) is 10.6 Å². The summed E-state index contributed by atoms with van der Waals surface area (Å²) in [5.41, 5.74) is 0. The van der Waals surface area contributed by atoms with E-state index in [1.165, 1.54) is 13.2 Å². The van der Waals surface area contributed by atoms with Crippen LogP contribution >= 0.6 is 12.6 Å². The zero-order chi connectivity index (χ0) is 11.2. The maximum absolute atomic E-state index is 11.3. The molecule has 0 fully saturated rings. The molecule has 14 heavy (non-hydrogen) atoms. The van der Waals surface area contributed by atoms with Gasteiger partial charge in [-0.25, -0.2) is 0 Å². The van der Waals surface area contributed by atoms with E-state index in [0.717, 1.165) is 0 Å². The van der Waals surface area contributed by atoms with Crippen molar-refractivity contribution in [3.8, 4) is 0 Å². The van der Waals surface area contributed by atoms with Crippen LogP contribution in [0.4, 0.5) is 0 Å². The minimum atomic E-state index is -1.03. The Bertz CT molecular complexity index is 241. The predicted octanol–water partition coefficient (Wildman–Crippen LogP) is -0.963. The number of rotatable bonds is 5. The van der Waals surface area contributed by atoms with Crippen LogP contribution in [0, 0.1) is 0 Å². The summed E-state index contributed by atoms with van der Waals surface area (Å²) in [7, 11) is 0. The lowest BCUT2D eigenvalue weighted by atomic mass is 10.1. The van der Waals surface area contributed by atoms with Crippen molar-refractivity contribution in [2.75, 3.05) is 13.1 Å². The number of hydrogen-bond donors (Lipinski definition) is 3. The molecule has 5 nitrogen and oxygen atoms in total. The molecule has 0 aliphatic heterocycles. The van der Waals surface area contributed by atoms with Crippen LogP contribution in [0.15, 0.2) is 0 Å². The highest BCUT2D eigenvalue weighted by molar-refractivity contribution is 7.82. The van der Waals surface area contributed by atoms with Crippen LogP contribution in [-0.2, 0) is 14.4 Å². The van der Waals surface area contributed by atoms with E-state index in [0.29, 0.717) is 0 Å². The summed E-state index contributed by atoms with van der Waals surface area (Å²) in [5, 5.41) is 4.77. The lowest BCUT2D eigenvalue weighted by Crippen LogP contribution is -2.48. The van der Waals surface area contributed by atoms with E-state index in [4.69, 9.17) is 0 Å². The van der Waals surface area contributed by atoms with Crippen LogP contribution in [0.3, 0.4) is 0 Å². The molecule has 0 saturated heterocycles. The molecule has 2 amide bonds. The number of nitrogens with one attached hydrogen (secondary N) is 2. The Morgan fingerprint density at radius 1 is 1.43 bits per heavy atom. The van der Waals surface area contributed by atoms with Gasteiger partial charge in [0.1, 0.15) is 4.75 Å². The predicted molar refractivity (Wildman–Crippen MR) is 54.8 cm³/mol. The highest BCUT2D eigenvalue weighted by Crippen LogP contribution is 2.11. The molecule has 79 valence electrons. The third-order valence-corrected chi connectivity index (χ3v) is 1.85. The topological polar surface area (TPSA) is 75.3 Å². The molecule has 6 heteroatoms. The molecule has 0 aromatic carbocycles. The minimum absolute atomic E-state index is 0.107.